The van der Waals surface area contributed by atoms with Crippen molar-refractivity contribution in [2.75, 3.05) is 5.32 Å². The Morgan fingerprint density at radius 3 is 2.78 bits per heavy atom. The molecule has 1 heterocycles. The van der Waals surface area contributed by atoms with Crippen LogP contribution in [-0.4, -0.2) is 15.2 Å². The van der Waals surface area contributed by atoms with Crippen LogP contribution < -0.4 is 5.32 Å². The third-order valence-corrected chi connectivity index (χ3v) is 2.88. The van der Waals surface area contributed by atoms with E-state index in [1.807, 2.05) is 0 Å². The van der Waals surface area contributed by atoms with Crippen molar-refractivity contribution in [3.63, 3.8) is 0 Å². The number of anilines is 2. The fourth-order valence-electron chi connectivity index (χ4n) is 1.22. The Morgan fingerprint density at radius 2 is 2.06 bits per heavy atom. The summed E-state index contributed by atoms with van der Waals surface area (Å²) >= 11 is 14.8. The molecule has 0 fully saturated rings. The summed E-state index contributed by atoms with van der Waals surface area (Å²) in [5.41, 5.74) is 0.995. The van der Waals surface area contributed by atoms with Gasteiger partial charge in [-0.2, -0.15) is 10.2 Å². The van der Waals surface area contributed by atoms with Crippen molar-refractivity contribution < 1.29 is 0 Å². The largest absolute Gasteiger partial charge is 0.336 e. The minimum atomic E-state index is -0.0320. The van der Waals surface area contributed by atoms with Crippen molar-refractivity contribution in [2.45, 2.75) is 0 Å². The van der Waals surface area contributed by atoms with Gasteiger partial charge in [0.25, 0.3) is 0 Å². The molecular weight excluding hydrogens is 341 g/mol. The van der Waals surface area contributed by atoms with E-state index in [2.05, 4.69) is 42.5 Å². The molecule has 0 amide bonds. The van der Waals surface area contributed by atoms with Crippen LogP contribution in [0.2, 0.25) is 10.4 Å². The maximum atomic E-state index is 9.00. The molecule has 0 unspecified atom stereocenters. The summed E-state index contributed by atoms with van der Waals surface area (Å²) < 4.78 is 0.813. The van der Waals surface area contributed by atoms with Crippen LogP contribution in [0.25, 0.3) is 0 Å². The lowest BCUT2D eigenvalue weighted by Crippen LogP contribution is -2.00. The van der Waals surface area contributed by atoms with E-state index in [0.29, 0.717) is 11.3 Å². The van der Waals surface area contributed by atoms with Crippen molar-refractivity contribution in [3.8, 4) is 6.07 Å². The average Bonchev–Trinajstić information content (AvgIpc) is 2.34. The second-order valence-corrected chi connectivity index (χ2v) is 4.76. The predicted octanol–water partition coefficient (Wildman–Crippen LogP) is 3.56. The van der Waals surface area contributed by atoms with Gasteiger partial charge in [0.1, 0.15) is 6.07 Å². The van der Waals surface area contributed by atoms with E-state index in [0.717, 1.165) is 4.47 Å². The summed E-state index contributed by atoms with van der Waals surface area (Å²) in [5, 5.41) is 19.0. The van der Waals surface area contributed by atoms with Crippen LogP contribution in [-0.2, 0) is 0 Å². The minimum absolute atomic E-state index is 0.0320. The molecule has 2 rings (SSSR count). The summed E-state index contributed by atoms with van der Waals surface area (Å²) in [4.78, 5) is 3.90. The average molecular weight is 345 g/mol. The number of rotatable bonds is 2. The van der Waals surface area contributed by atoms with Crippen LogP contribution in [0.5, 0.6) is 0 Å². The highest BCUT2D eigenvalue weighted by atomic mass is 79.9. The standard InChI is InChI=1S/C10H4BrCl2N5/c11-6-2-1-5(4-14)7(3-6)15-9-8(12)17-18-10(13)16-9/h1-3H,(H,15,16,18). The molecule has 5 nitrogen and oxygen atoms in total. The zero-order chi connectivity index (χ0) is 13.1. The number of hydrogen-bond acceptors (Lipinski definition) is 5. The zero-order valence-electron chi connectivity index (χ0n) is 8.65. The van der Waals surface area contributed by atoms with Crippen molar-refractivity contribution in [2.24, 2.45) is 0 Å². The maximum absolute atomic E-state index is 9.00. The zero-order valence-corrected chi connectivity index (χ0v) is 11.8. The van der Waals surface area contributed by atoms with E-state index < -0.39 is 0 Å². The highest BCUT2D eigenvalue weighted by molar-refractivity contribution is 9.10. The van der Waals surface area contributed by atoms with Crippen LogP contribution in [0.15, 0.2) is 22.7 Å². The van der Waals surface area contributed by atoms with E-state index >= 15 is 0 Å². The van der Waals surface area contributed by atoms with Crippen LogP contribution in [0.3, 0.4) is 0 Å². The van der Waals surface area contributed by atoms with Gasteiger partial charge in [0.15, 0.2) is 11.0 Å². The van der Waals surface area contributed by atoms with Gasteiger partial charge in [0.05, 0.1) is 11.3 Å². The second-order valence-electron chi connectivity index (χ2n) is 3.15. The second kappa shape index (κ2) is 5.48. The molecule has 1 N–H and O–H groups in total. The molecule has 0 saturated carbocycles. The topological polar surface area (TPSA) is 74.5 Å². The van der Waals surface area contributed by atoms with Crippen molar-refractivity contribution >= 4 is 50.6 Å². The van der Waals surface area contributed by atoms with Gasteiger partial charge in [-0.25, -0.2) is 0 Å². The van der Waals surface area contributed by atoms with Crippen LogP contribution in [0.4, 0.5) is 11.5 Å². The summed E-state index contributed by atoms with van der Waals surface area (Å²) in [6.45, 7) is 0. The van der Waals surface area contributed by atoms with E-state index in [1.165, 1.54) is 0 Å². The molecule has 0 radical (unpaired) electrons. The molecule has 0 aliphatic carbocycles. The number of nitrogens with zero attached hydrogens (tertiary/aromatic N) is 4. The predicted molar refractivity (Wildman–Crippen MR) is 72.0 cm³/mol. The Morgan fingerprint density at radius 1 is 1.28 bits per heavy atom. The summed E-state index contributed by atoms with van der Waals surface area (Å²) in [6, 6.07) is 7.20. The van der Waals surface area contributed by atoms with Crippen molar-refractivity contribution in [1.29, 1.82) is 5.26 Å². The van der Waals surface area contributed by atoms with Gasteiger partial charge < -0.3 is 5.32 Å². The van der Waals surface area contributed by atoms with Crippen LogP contribution in [0.1, 0.15) is 5.56 Å². The summed E-state index contributed by atoms with van der Waals surface area (Å²) in [7, 11) is 0. The maximum Gasteiger partial charge on any atom is 0.245 e. The van der Waals surface area contributed by atoms with Crippen molar-refractivity contribution in [3.05, 3.63) is 38.7 Å². The number of nitrogens with one attached hydrogen (secondary N) is 1. The Labute approximate surface area is 121 Å². The highest BCUT2D eigenvalue weighted by Gasteiger charge is 2.09. The SMILES string of the molecule is N#Cc1ccc(Br)cc1Nc1nc(Cl)nnc1Cl. The summed E-state index contributed by atoms with van der Waals surface area (Å²) in [6.07, 6.45) is 0. The van der Waals surface area contributed by atoms with Crippen LogP contribution in [0, 0.1) is 11.3 Å². The Hall–Kier alpha value is -1.42. The fraction of sp³-hybridized carbons (Fsp3) is 0. The molecule has 0 atom stereocenters. The molecule has 0 aliphatic rings. The lowest BCUT2D eigenvalue weighted by Gasteiger charge is -2.08. The lowest BCUT2D eigenvalue weighted by molar-refractivity contribution is 0.974. The highest BCUT2D eigenvalue weighted by Crippen LogP contribution is 2.26. The lowest BCUT2D eigenvalue weighted by atomic mass is 10.2. The van der Waals surface area contributed by atoms with E-state index in [1.54, 1.807) is 18.2 Å². The molecule has 1 aromatic carbocycles. The molecule has 0 saturated heterocycles. The normalized spacial score (nSPS) is 9.89. The fourth-order valence-corrected chi connectivity index (χ4v) is 1.83. The number of hydrogen-bond donors (Lipinski definition) is 1. The van der Waals surface area contributed by atoms with E-state index in [-0.39, 0.29) is 16.3 Å². The van der Waals surface area contributed by atoms with Gasteiger partial charge in [-0.3, -0.25) is 0 Å². The third-order valence-electron chi connectivity index (χ3n) is 1.97. The first kappa shape index (κ1) is 13.0. The molecule has 8 heteroatoms. The first-order chi connectivity index (χ1) is 8.60. The molecule has 90 valence electrons. The van der Waals surface area contributed by atoms with Gasteiger partial charge in [-0.1, -0.05) is 27.5 Å². The van der Waals surface area contributed by atoms with E-state index in [9.17, 15) is 0 Å². The Bertz CT molecular complexity index is 641. The van der Waals surface area contributed by atoms with Crippen molar-refractivity contribution in [1.82, 2.24) is 15.2 Å². The van der Waals surface area contributed by atoms with Gasteiger partial charge in [-0.05, 0) is 29.8 Å². The first-order valence-electron chi connectivity index (χ1n) is 4.62. The van der Waals surface area contributed by atoms with Gasteiger partial charge in [0, 0.05) is 4.47 Å². The smallest absolute Gasteiger partial charge is 0.245 e. The summed E-state index contributed by atoms with van der Waals surface area (Å²) in [5.74, 6) is 0.242. The molecule has 2 aromatic rings. The molecule has 0 spiro atoms. The molecule has 0 aliphatic heterocycles. The molecule has 18 heavy (non-hydrogen) atoms. The minimum Gasteiger partial charge on any atom is -0.336 e. The van der Waals surface area contributed by atoms with Gasteiger partial charge in [-0.15, -0.1) is 10.2 Å². The molecular formula is C10H4BrCl2N5. The number of nitriles is 1. The molecule has 1 aromatic heterocycles. The quantitative estimate of drug-likeness (QED) is 0.901. The number of halogens is 3. The monoisotopic (exact) mass is 343 g/mol. The number of benzene rings is 1. The Balaban J connectivity index is 2.43. The van der Waals surface area contributed by atoms with Crippen LogP contribution >= 0.6 is 39.1 Å². The third kappa shape index (κ3) is 2.88. The number of aromatic nitrogens is 3. The first-order valence-corrected chi connectivity index (χ1v) is 6.17. The Kier molecular flexibility index (Phi) is 3.97. The van der Waals surface area contributed by atoms with E-state index in [4.69, 9.17) is 28.5 Å². The molecule has 0 bridgehead atoms. The van der Waals surface area contributed by atoms with Gasteiger partial charge >= 0.3 is 0 Å². The van der Waals surface area contributed by atoms with Gasteiger partial charge in [0.2, 0.25) is 5.28 Å².